The first kappa shape index (κ1) is 15.5. The van der Waals surface area contributed by atoms with Crippen LogP contribution in [-0.2, 0) is 12.8 Å². The lowest BCUT2D eigenvalue weighted by atomic mass is 10.0. The first-order valence-electron chi connectivity index (χ1n) is 6.75. The Hall–Kier alpha value is -0.840. The van der Waals surface area contributed by atoms with Crippen LogP contribution in [0.1, 0.15) is 29.0 Å². The Bertz CT molecular complexity index is 567. The highest BCUT2D eigenvalue weighted by molar-refractivity contribution is 9.10. The topological polar surface area (TPSA) is 21.3 Å². The lowest BCUT2D eigenvalue weighted by Crippen LogP contribution is -2.19. The number of hydrogen-bond acceptors (Lipinski definition) is 3. The molecule has 20 heavy (non-hydrogen) atoms. The average molecular weight is 354 g/mol. The molecule has 108 valence electrons. The number of likely N-dealkylation sites (N-methyl/N-ethyl adjacent to an activating group) is 1. The molecule has 0 aliphatic carbocycles. The summed E-state index contributed by atoms with van der Waals surface area (Å²) in [4.78, 5) is 1.43. The van der Waals surface area contributed by atoms with Crippen LogP contribution in [0, 0.1) is 0 Å². The Morgan fingerprint density at radius 2 is 2.10 bits per heavy atom. The molecule has 0 saturated carbocycles. The molecule has 0 radical (unpaired) electrons. The molecule has 0 aliphatic heterocycles. The van der Waals surface area contributed by atoms with E-state index in [1.807, 2.05) is 24.5 Å². The van der Waals surface area contributed by atoms with Crippen molar-refractivity contribution < 1.29 is 4.74 Å². The van der Waals surface area contributed by atoms with Gasteiger partial charge in [0.05, 0.1) is 7.11 Å². The zero-order valence-electron chi connectivity index (χ0n) is 12.1. The maximum atomic E-state index is 5.32. The Balaban J connectivity index is 2.26. The quantitative estimate of drug-likeness (QED) is 0.820. The molecule has 4 heteroatoms. The molecular weight excluding hydrogens is 334 g/mol. The van der Waals surface area contributed by atoms with Gasteiger partial charge in [-0.3, -0.25) is 0 Å². The fraction of sp³-hybridized carbons (Fsp3) is 0.375. The lowest BCUT2D eigenvalue weighted by Gasteiger charge is -2.18. The smallest absolute Gasteiger partial charge is 0.119 e. The van der Waals surface area contributed by atoms with E-state index in [1.165, 1.54) is 16.0 Å². The molecule has 0 saturated heterocycles. The van der Waals surface area contributed by atoms with Crippen LogP contribution < -0.4 is 10.1 Å². The van der Waals surface area contributed by atoms with Crippen molar-refractivity contribution in [2.24, 2.45) is 0 Å². The van der Waals surface area contributed by atoms with Crippen LogP contribution in [-0.4, -0.2) is 14.2 Å². The summed E-state index contributed by atoms with van der Waals surface area (Å²) < 4.78 is 6.45. The monoisotopic (exact) mass is 353 g/mol. The third-order valence-electron chi connectivity index (χ3n) is 3.50. The molecule has 2 rings (SSSR count). The second-order valence-corrected chi connectivity index (χ2v) is 6.47. The fourth-order valence-electron chi connectivity index (χ4n) is 2.33. The van der Waals surface area contributed by atoms with E-state index in [-0.39, 0.29) is 0 Å². The largest absolute Gasteiger partial charge is 0.497 e. The summed E-state index contributed by atoms with van der Waals surface area (Å²) in [6, 6.07) is 8.70. The zero-order valence-corrected chi connectivity index (χ0v) is 14.5. The molecule has 2 nitrogen and oxygen atoms in total. The van der Waals surface area contributed by atoms with Crippen molar-refractivity contribution in [2.45, 2.75) is 25.8 Å². The van der Waals surface area contributed by atoms with Gasteiger partial charge >= 0.3 is 0 Å². The van der Waals surface area contributed by atoms with Crippen molar-refractivity contribution >= 4 is 27.3 Å². The minimum Gasteiger partial charge on any atom is -0.497 e. The molecule has 1 N–H and O–H groups in total. The molecular formula is C16H20BrNOS. The van der Waals surface area contributed by atoms with Crippen molar-refractivity contribution in [1.82, 2.24) is 5.32 Å². The van der Waals surface area contributed by atoms with Crippen molar-refractivity contribution in [1.29, 1.82) is 0 Å². The third-order valence-corrected chi connectivity index (χ3v) is 5.35. The van der Waals surface area contributed by atoms with E-state index >= 15 is 0 Å². The molecule has 2 aromatic rings. The molecule has 1 aromatic carbocycles. The highest BCUT2D eigenvalue weighted by Crippen LogP contribution is 2.31. The van der Waals surface area contributed by atoms with E-state index in [0.29, 0.717) is 6.04 Å². The highest BCUT2D eigenvalue weighted by Gasteiger charge is 2.16. The van der Waals surface area contributed by atoms with Crippen molar-refractivity contribution in [3.05, 3.63) is 50.1 Å². The Labute approximate surface area is 133 Å². The second-order valence-electron chi connectivity index (χ2n) is 4.67. The van der Waals surface area contributed by atoms with Gasteiger partial charge in [0.2, 0.25) is 0 Å². The third kappa shape index (κ3) is 3.43. The summed E-state index contributed by atoms with van der Waals surface area (Å²) in [6.07, 6.45) is 2.03. The van der Waals surface area contributed by atoms with Crippen LogP contribution >= 0.6 is 27.3 Å². The minimum atomic E-state index is 0.341. The van der Waals surface area contributed by atoms with Crippen molar-refractivity contribution in [3.63, 3.8) is 0 Å². The van der Waals surface area contributed by atoms with Crippen LogP contribution in [0.2, 0.25) is 0 Å². The molecule has 1 atom stereocenters. The molecule has 0 fully saturated rings. The number of nitrogens with one attached hydrogen (secondary N) is 1. The minimum absolute atomic E-state index is 0.341. The summed E-state index contributed by atoms with van der Waals surface area (Å²) in [6.45, 7) is 2.21. The molecule has 1 unspecified atom stereocenters. The van der Waals surface area contributed by atoms with Crippen LogP contribution in [0.4, 0.5) is 0 Å². The number of halogens is 1. The predicted molar refractivity (Wildman–Crippen MR) is 89.9 cm³/mol. The van der Waals surface area contributed by atoms with Gasteiger partial charge in [-0.05, 0) is 60.7 Å². The summed E-state index contributed by atoms with van der Waals surface area (Å²) in [5.74, 6) is 0.903. The van der Waals surface area contributed by atoms with Crippen molar-refractivity contribution in [3.8, 4) is 5.75 Å². The van der Waals surface area contributed by atoms with Gasteiger partial charge in [-0.1, -0.05) is 22.9 Å². The van der Waals surface area contributed by atoms with E-state index < -0.39 is 0 Å². The van der Waals surface area contributed by atoms with Gasteiger partial charge in [0, 0.05) is 15.4 Å². The summed E-state index contributed by atoms with van der Waals surface area (Å²) in [7, 11) is 3.73. The van der Waals surface area contributed by atoms with E-state index in [4.69, 9.17) is 4.74 Å². The number of benzene rings is 1. The lowest BCUT2D eigenvalue weighted by molar-refractivity contribution is 0.414. The van der Waals surface area contributed by atoms with E-state index in [9.17, 15) is 0 Å². The number of rotatable bonds is 6. The van der Waals surface area contributed by atoms with Crippen LogP contribution in [0.25, 0.3) is 0 Å². The maximum absolute atomic E-state index is 5.32. The Kier molecular flexibility index (Phi) is 5.64. The van der Waals surface area contributed by atoms with Gasteiger partial charge in [-0.15, -0.1) is 11.3 Å². The molecule has 1 heterocycles. The van der Waals surface area contributed by atoms with Crippen LogP contribution in [0.5, 0.6) is 5.75 Å². The van der Waals surface area contributed by atoms with Crippen LogP contribution in [0.15, 0.2) is 34.1 Å². The van der Waals surface area contributed by atoms with Gasteiger partial charge < -0.3 is 10.1 Å². The SMILES string of the molecule is CCc1ccsc1C(Cc1cc(OC)ccc1Br)NC. The molecule has 0 amide bonds. The highest BCUT2D eigenvalue weighted by atomic mass is 79.9. The molecule has 1 aromatic heterocycles. The van der Waals surface area contributed by atoms with Crippen molar-refractivity contribution in [2.75, 3.05) is 14.2 Å². The number of aryl methyl sites for hydroxylation is 1. The van der Waals surface area contributed by atoms with Gasteiger partial charge in [0.15, 0.2) is 0 Å². The zero-order chi connectivity index (χ0) is 14.5. The maximum Gasteiger partial charge on any atom is 0.119 e. The number of hydrogen-bond donors (Lipinski definition) is 1. The number of methoxy groups -OCH3 is 1. The average Bonchev–Trinajstić information content (AvgIpc) is 2.94. The summed E-state index contributed by atoms with van der Waals surface area (Å²) in [5, 5.41) is 5.62. The van der Waals surface area contributed by atoms with Gasteiger partial charge in [0.25, 0.3) is 0 Å². The molecule has 0 spiro atoms. The fourth-order valence-corrected chi connectivity index (χ4v) is 3.84. The standard InChI is InChI=1S/C16H20BrNOS/c1-4-11-7-8-20-16(11)15(18-2)10-12-9-13(19-3)5-6-14(12)17/h5-9,15,18H,4,10H2,1-3H3. The summed E-state index contributed by atoms with van der Waals surface area (Å²) >= 11 is 5.47. The first-order chi connectivity index (χ1) is 9.69. The van der Waals surface area contributed by atoms with E-state index in [0.717, 1.165) is 23.1 Å². The Morgan fingerprint density at radius 1 is 1.30 bits per heavy atom. The van der Waals surface area contributed by atoms with Gasteiger partial charge in [0.1, 0.15) is 5.75 Å². The first-order valence-corrected chi connectivity index (χ1v) is 8.42. The second kappa shape index (κ2) is 7.25. The van der Waals surface area contributed by atoms with E-state index in [2.05, 4.69) is 51.7 Å². The molecule has 0 bridgehead atoms. The normalized spacial score (nSPS) is 12.4. The number of ether oxygens (including phenoxy) is 1. The van der Waals surface area contributed by atoms with Gasteiger partial charge in [-0.2, -0.15) is 0 Å². The number of thiophene rings is 1. The summed E-state index contributed by atoms with van der Waals surface area (Å²) in [5.41, 5.74) is 2.70. The molecule has 0 aliphatic rings. The van der Waals surface area contributed by atoms with E-state index in [1.54, 1.807) is 7.11 Å². The Morgan fingerprint density at radius 3 is 2.75 bits per heavy atom. The van der Waals surface area contributed by atoms with Gasteiger partial charge in [-0.25, -0.2) is 0 Å². The predicted octanol–water partition coefficient (Wildman–Crippen LogP) is 4.58. The van der Waals surface area contributed by atoms with Crippen LogP contribution in [0.3, 0.4) is 0 Å².